The third-order valence-electron chi connectivity index (χ3n) is 2.60. The van der Waals surface area contributed by atoms with Crippen molar-refractivity contribution < 1.29 is 0 Å². The first-order chi connectivity index (χ1) is 8.45. The highest BCUT2D eigenvalue weighted by molar-refractivity contribution is 9.10. The van der Waals surface area contributed by atoms with Crippen molar-refractivity contribution in [2.24, 2.45) is 0 Å². The van der Waals surface area contributed by atoms with Gasteiger partial charge < -0.3 is 11.1 Å². The molecule has 0 unspecified atom stereocenters. The van der Waals surface area contributed by atoms with Crippen LogP contribution in [-0.4, -0.2) is 9.97 Å². The number of nitrogens with two attached hydrogens (primary N) is 1. The van der Waals surface area contributed by atoms with E-state index in [1.54, 1.807) is 0 Å². The number of nitrogens with one attached hydrogen (secondary N) is 1. The van der Waals surface area contributed by atoms with Gasteiger partial charge in [-0.2, -0.15) is 0 Å². The number of benzene rings is 1. The van der Waals surface area contributed by atoms with Gasteiger partial charge in [-0.15, -0.1) is 0 Å². The van der Waals surface area contributed by atoms with Crippen LogP contribution in [0.3, 0.4) is 0 Å². The molecular weight excluding hydrogens is 292 g/mol. The maximum Gasteiger partial charge on any atom is 0.139 e. The van der Waals surface area contributed by atoms with Gasteiger partial charge in [0.1, 0.15) is 17.5 Å². The van der Waals surface area contributed by atoms with Crippen molar-refractivity contribution in [1.29, 1.82) is 0 Å². The van der Waals surface area contributed by atoms with Crippen LogP contribution in [0.5, 0.6) is 0 Å². The summed E-state index contributed by atoms with van der Waals surface area (Å²) in [5.41, 5.74) is 8.84. The zero-order valence-corrected chi connectivity index (χ0v) is 12.2. The molecule has 0 spiro atoms. The van der Waals surface area contributed by atoms with Gasteiger partial charge in [0.15, 0.2) is 0 Å². The highest BCUT2D eigenvalue weighted by Gasteiger charge is 2.07. The van der Waals surface area contributed by atoms with Gasteiger partial charge in [-0.05, 0) is 44.5 Å². The van der Waals surface area contributed by atoms with Gasteiger partial charge in [-0.3, -0.25) is 0 Å². The molecule has 94 valence electrons. The molecule has 2 aromatic rings. The third kappa shape index (κ3) is 2.79. The largest absolute Gasteiger partial charge is 0.383 e. The summed E-state index contributed by atoms with van der Waals surface area (Å²) in [7, 11) is 0. The summed E-state index contributed by atoms with van der Waals surface area (Å²) in [4.78, 5) is 8.50. The van der Waals surface area contributed by atoms with Gasteiger partial charge in [0.25, 0.3) is 0 Å². The second kappa shape index (κ2) is 4.94. The molecule has 2 rings (SSSR count). The molecule has 0 amide bonds. The maximum atomic E-state index is 5.83. The standard InChI is InChI=1S/C13H15BrN4/c1-7-4-10(14)6-11(5-7)18-13-8(2)12(15)16-9(3)17-13/h4-6H,1-3H3,(H3,15,16,17,18). The molecule has 0 radical (unpaired) electrons. The molecule has 0 fully saturated rings. The Bertz CT molecular complexity index is 576. The molecule has 1 heterocycles. The summed E-state index contributed by atoms with van der Waals surface area (Å²) >= 11 is 3.48. The monoisotopic (exact) mass is 306 g/mol. The van der Waals surface area contributed by atoms with E-state index in [2.05, 4.69) is 43.3 Å². The SMILES string of the molecule is Cc1cc(Br)cc(Nc2nc(C)nc(N)c2C)c1. The minimum atomic E-state index is 0.511. The van der Waals surface area contributed by atoms with E-state index in [1.165, 1.54) is 5.56 Å². The molecule has 1 aromatic carbocycles. The van der Waals surface area contributed by atoms with Gasteiger partial charge in [0, 0.05) is 15.7 Å². The zero-order valence-electron chi connectivity index (χ0n) is 10.6. The van der Waals surface area contributed by atoms with E-state index >= 15 is 0 Å². The van der Waals surface area contributed by atoms with Crippen molar-refractivity contribution >= 4 is 33.3 Å². The average molecular weight is 307 g/mol. The van der Waals surface area contributed by atoms with Crippen LogP contribution in [0.2, 0.25) is 0 Å². The zero-order chi connectivity index (χ0) is 13.3. The van der Waals surface area contributed by atoms with Crippen LogP contribution in [0.25, 0.3) is 0 Å². The van der Waals surface area contributed by atoms with E-state index in [-0.39, 0.29) is 0 Å². The number of nitrogen functional groups attached to an aromatic ring is 1. The van der Waals surface area contributed by atoms with Gasteiger partial charge in [0.05, 0.1) is 0 Å². The maximum absolute atomic E-state index is 5.83. The molecule has 0 bridgehead atoms. The fraction of sp³-hybridized carbons (Fsp3) is 0.231. The Morgan fingerprint density at radius 3 is 2.50 bits per heavy atom. The highest BCUT2D eigenvalue weighted by atomic mass is 79.9. The number of rotatable bonds is 2. The van der Waals surface area contributed by atoms with Crippen molar-refractivity contribution in [3.8, 4) is 0 Å². The first kappa shape index (κ1) is 12.8. The Labute approximate surface area is 115 Å². The molecule has 0 aliphatic rings. The lowest BCUT2D eigenvalue weighted by Gasteiger charge is -2.11. The van der Waals surface area contributed by atoms with Crippen LogP contribution in [0.4, 0.5) is 17.3 Å². The summed E-state index contributed by atoms with van der Waals surface area (Å²) in [6, 6.07) is 6.11. The minimum Gasteiger partial charge on any atom is -0.383 e. The number of halogens is 1. The summed E-state index contributed by atoms with van der Waals surface area (Å²) in [5.74, 6) is 1.92. The number of hydrogen-bond acceptors (Lipinski definition) is 4. The lowest BCUT2D eigenvalue weighted by Crippen LogP contribution is -2.04. The van der Waals surface area contributed by atoms with Crippen molar-refractivity contribution in [3.63, 3.8) is 0 Å². The van der Waals surface area contributed by atoms with E-state index in [0.29, 0.717) is 11.6 Å². The van der Waals surface area contributed by atoms with E-state index in [1.807, 2.05) is 26.8 Å². The Morgan fingerprint density at radius 2 is 1.83 bits per heavy atom. The smallest absolute Gasteiger partial charge is 0.139 e. The second-order valence-corrected chi connectivity index (χ2v) is 5.19. The molecule has 0 aliphatic carbocycles. The van der Waals surface area contributed by atoms with Crippen LogP contribution in [0.1, 0.15) is 17.0 Å². The Morgan fingerprint density at radius 1 is 1.11 bits per heavy atom. The molecule has 4 nitrogen and oxygen atoms in total. The molecule has 0 aliphatic heterocycles. The molecule has 0 saturated carbocycles. The minimum absolute atomic E-state index is 0.511. The van der Waals surface area contributed by atoms with E-state index in [9.17, 15) is 0 Å². The molecule has 0 atom stereocenters. The quantitative estimate of drug-likeness (QED) is 0.891. The van der Waals surface area contributed by atoms with Crippen molar-refractivity contribution in [2.75, 3.05) is 11.1 Å². The number of aryl methyl sites for hydroxylation is 2. The molecule has 1 aromatic heterocycles. The van der Waals surface area contributed by atoms with Gasteiger partial charge >= 0.3 is 0 Å². The summed E-state index contributed by atoms with van der Waals surface area (Å²) in [6.45, 7) is 5.78. The lowest BCUT2D eigenvalue weighted by molar-refractivity contribution is 1.04. The van der Waals surface area contributed by atoms with Crippen LogP contribution in [0.15, 0.2) is 22.7 Å². The predicted molar refractivity (Wildman–Crippen MR) is 78.1 cm³/mol. The summed E-state index contributed by atoms with van der Waals surface area (Å²) in [5, 5.41) is 3.27. The van der Waals surface area contributed by atoms with Crippen molar-refractivity contribution in [3.05, 3.63) is 39.6 Å². The fourth-order valence-electron chi connectivity index (χ4n) is 1.72. The Balaban J connectivity index is 2.39. The van der Waals surface area contributed by atoms with Gasteiger partial charge in [0.2, 0.25) is 0 Å². The lowest BCUT2D eigenvalue weighted by atomic mass is 10.2. The van der Waals surface area contributed by atoms with Crippen molar-refractivity contribution in [2.45, 2.75) is 20.8 Å². The second-order valence-electron chi connectivity index (χ2n) is 4.27. The van der Waals surface area contributed by atoms with Crippen LogP contribution in [0, 0.1) is 20.8 Å². The third-order valence-corrected chi connectivity index (χ3v) is 3.06. The summed E-state index contributed by atoms with van der Waals surface area (Å²) in [6.07, 6.45) is 0. The van der Waals surface area contributed by atoms with E-state index < -0.39 is 0 Å². The van der Waals surface area contributed by atoms with Crippen LogP contribution >= 0.6 is 15.9 Å². The predicted octanol–water partition coefficient (Wildman–Crippen LogP) is 3.49. The van der Waals surface area contributed by atoms with Gasteiger partial charge in [-0.25, -0.2) is 9.97 Å². The molecule has 5 heteroatoms. The van der Waals surface area contributed by atoms with E-state index in [0.717, 1.165) is 21.5 Å². The fourth-order valence-corrected chi connectivity index (χ4v) is 2.32. The van der Waals surface area contributed by atoms with Crippen molar-refractivity contribution in [1.82, 2.24) is 9.97 Å². The summed E-state index contributed by atoms with van der Waals surface area (Å²) < 4.78 is 1.03. The molecule has 18 heavy (non-hydrogen) atoms. The van der Waals surface area contributed by atoms with Gasteiger partial charge in [-0.1, -0.05) is 15.9 Å². The molecule has 3 N–H and O–H groups in total. The molecule has 0 saturated heterocycles. The first-order valence-electron chi connectivity index (χ1n) is 5.60. The topological polar surface area (TPSA) is 63.8 Å². The van der Waals surface area contributed by atoms with E-state index in [4.69, 9.17) is 5.73 Å². The Hall–Kier alpha value is -1.62. The Kier molecular flexibility index (Phi) is 3.52. The van der Waals surface area contributed by atoms with Crippen LogP contribution in [-0.2, 0) is 0 Å². The number of hydrogen-bond donors (Lipinski definition) is 2. The highest BCUT2D eigenvalue weighted by Crippen LogP contribution is 2.25. The molecular formula is C13H15BrN4. The average Bonchev–Trinajstić information content (AvgIpc) is 2.23. The van der Waals surface area contributed by atoms with Crippen LogP contribution < -0.4 is 11.1 Å². The normalized spacial score (nSPS) is 10.4. The first-order valence-corrected chi connectivity index (χ1v) is 6.40. The number of anilines is 3. The number of nitrogens with zero attached hydrogens (tertiary/aromatic N) is 2. The number of aromatic nitrogens is 2.